The van der Waals surface area contributed by atoms with Crippen molar-refractivity contribution in [1.29, 1.82) is 0 Å². The fourth-order valence-electron chi connectivity index (χ4n) is 1.87. The van der Waals surface area contributed by atoms with E-state index in [1.165, 1.54) is 12.8 Å². The molecule has 0 bridgehead atoms. The van der Waals surface area contributed by atoms with Crippen molar-refractivity contribution >= 4 is 0 Å². The van der Waals surface area contributed by atoms with Crippen molar-refractivity contribution in [1.82, 2.24) is 0 Å². The first-order valence-corrected chi connectivity index (χ1v) is 4.97. The summed E-state index contributed by atoms with van der Waals surface area (Å²) in [7, 11) is 0. The zero-order chi connectivity index (χ0) is 9.83. The van der Waals surface area contributed by atoms with E-state index in [0.717, 1.165) is 0 Å². The van der Waals surface area contributed by atoms with Crippen LogP contribution in [0.1, 0.15) is 54.4 Å². The van der Waals surface area contributed by atoms with Crippen LogP contribution in [0, 0.1) is 10.8 Å². The van der Waals surface area contributed by atoms with Gasteiger partial charge in [0.1, 0.15) is 0 Å². The maximum Gasteiger partial charge on any atom is -0.0170 e. The van der Waals surface area contributed by atoms with Crippen LogP contribution in [0.4, 0.5) is 0 Å². The molecule has 0 heterocycles. The number of allylic oxidation sites excluding steroid dienone is 2. The third-order valence-electron chi connectivity index (χ3n) is 2.51. The van der Waals surface area contributed by atoms with E-state index < -0.39 is 0 Å². The molecule has 0 amide bonds. The quantitative estimate of drug-likeness (QED) is 0.545. The lowest BCUT2D eigenvalue weighted by molar-refractivity contribution is 0.229. The summed E-state index contributed by atoms with van der Waals surface area (Å²) in [4.78, 5) is 0. The summed E-state index contributed by atoms with van der Waals surface area (Å²) in [5.74, 6) is 0. The molecule has 72 valence electrons. The van der Waals surface area contributed by atoms with Crippen molar-refractivity contribution in [2.75, 3.05) is 0 Å². The third kappa shape index (κ3) is 4.58. The fourth-order valence-corrected chi connectivity index (χ4v) is 1.87. The lowest BCUT2D eigenvalue weighted by atomic mass is 9.73. The Morgan fingerprint density at radius 2 is 1.58 bits per heavy atom. The smallest absolute Gasteiger partial charge is 0.0170 e. The van der Waals surface area contributed by atoms with Crippen molar-refractivity contribution in [3.8, 4) is 0 Å². The Kier molecular flexibility index (Phi) is 4.02. The van der Waals surface area contributed by atoms with Gasteiger partial charge in [0, 0.05) is 0 Å². The molecular formula is C12H24. The lowest BCUT2D eigenvalue weighted by Crippen LogP contribution is -2.20. The van der Waals surface area contributed by atoms with Gasteiger partial charge in [0.05, 0.1) is 0 Å². The van der Waals surface area contributed by atoms with Gasteiger partial charge in [-0.15, -0.1) is 0 Å². The molecule has 0 unspecified atom stereocenters. The average Bonchev–Trinajstić information content (AvgIpc) is 1.85. The minimum atomic E-state index is 0.355. The van der Waals surface area contributed by atoms with Gasteiger partial charge in [0.15, 0.2) is 0 Å². The van der Waals surface area contributed by atoms with E-state index in [4.69, 9.17) is 0 Å². The summed E-state index contributed by atoms with van der Waals surface area (Å²) in [5.41, 5.74) is 0.831. The molecule has 12 heavy (non-hydrogen) atoms. The minimum Gasteiger partial charge on any atom is -0.0911 e. The standard InChI is InChI=1S/C12H24/c1-7-9-12(5,6)10-11(3,4)8-2/h7,9H,8,10H2,1-6H3. The van der Waals surface area contributed by atoms with Crippen LogP contribution in [0.5, 0.6) is 0 Å². The molecule has 0 aromatic rings. The highest BCUT2D eigenvalue weighted by Crippen LogP contribution is 2.36. The molecule has 0 saturated carbocycles. The van der Waals surface area contributed by atoms with Gasteiger partial charge in [-0.05, 0) is 24.2 Å². The highest BCUT2D eigenvalue weighted by molar-refractivity contribution is 4.95. The highest BCUT2D eigenvalue weighted by atomic mass is 14.3. The van der Waals surface area contributed by atoms with Crippen LogP contribution in [0.2, 0.25) is 0 Å². The van der Waals surface area contributed by atoms with E-state index in [-0.39, 0.29) is 0 Å². The predicted molar refractivity (Wildman–Crippen MR) is 57.3 cm³/mol. The minimum absolute atomic E-state index is 0.355. The Bertz CT molecular complexity index is 149. The molecule has 0 nitrogen and oxygen atoms in total. The molecule has 0 aliphatic rings. The molecule has 0 heteroatoms. The maximum atomic E-state index is 2.35. The lowest BCUT2D eigenvalue weighted by Gasteiger charge is -2.32. The van der Waals surface area contributed by atoms with Crippen LogP contribution >= 0.6 is 0 Å². The average molecular weight is 168 g/mol. The Balaban J connectivity index is 4.23. The van der Waals surface area contributed by atoms with Crippen molar-refractivity contribution < 1.29 is 0 Å². The first kappa shape index (κ1) is 11.7. The third-order valence-corrected chi connectivity index (χ3v) is 2.51. The normalized spacial score (nSPS) is 14.2. The Morgan fingerprint density at radius 3 is 1.92 bits per heavy atom. The monoisotopic (exact) mass is 168 g/mol. The number of hydrogen-bond acceptors (Lipinski definition) is 0. The van der Waals surface area contributed by atoms with Crippen molar-refractivity contribution in [3.05, 3.63) is 12.2 Å². The van der Waals surface area contributed by atoms with Crippen LogP contribution in [-0.4, -0.2) is 0 Å². The summed E-state index contributed by atoms with van der Waals surface area (Å²) < 4.78 is 0. The number of hydrogen-bond donors (Lipinski definition) is 0. The van der Waals surface area contributed by atoms with Crippen molar-refractivity contribution in [3.63, 3.8) is 0 Å². The van der Waals surface area contributed by atoms with Crippen LogP contribution in [-0.2, 0) is 0 Å². The first-order chi connectivity index (χ1) is 5.33. The van der Waals surface area contributed by atoms with Gasteiger partial charge in [-0.3, -0.25) is 0 Å². The van der Waals surface area contributed by atoms with E-state index in [9.17, 15) is 0 Å². The van der Waals surface area contributed by atoms with Gasteiger partial charge in [-0.2, -0.15) is 0 Å². The zero-order valence-corrected chi connectivity index (χ0v) is 9.57. The SMILES string of the molecule is CC=CC(C)(C)CC(C)(C)CC. The second-order valence-corrected chi connectivity index (χ2v) is 5.18. The van der Waals surface area contributed by atoms with E-state index in [1.807, 2.05) is 0 Å². The summed E-state index contributed by atoms with van der Waals surface area (Å²) in [6.07, 6.45) is 6.99. The molecule has 0 fully saturated rings. The summed E-state index contributed by atoms with van der Waals surface area (Å²) >= 11 is 0. The van der Waals surface area contributed by atoms with Gasteiger partial charge in [-0.25, -0.2) is 0 Å². The second kappa shape index (κ2) is 4.11. The molecule has 0 rings (SSSR count). The Morgan fingerprint density at radius 1 is 1.08 bits per heavy atom. The number of rotatable bonds is 4. The van der Waals surface area contributed by atoms with Crippen LogP contribution < -0.4 is 0 Å². The van der Waals surface area contributed by atoms with Crippen LogP contribution in [0.15, 0.2) is 12.2 Å². The molecule has 0 aromatic carbocycles. The molecule has 0 atom stereocenters. The molecule has 0 aliphatic heterocycles. The predicted octanol–water partition coefficient (Wildman–Crippen LogP) is 4.42. The molecule has 0 aromatic heterocycles. The van der Waals surface area contributed by atoms with Gasteiger partial charge >= 0.3 is 0 Å². The Hall–Kier alpha value is -0.260. The van der Waals surface area contributed by atoms with Gasteiger partial charge in [-0.1, -0.05) is 53.2 Å². The topological polar surface area (TPSA) is 0 Å². The van der Waals surface area contributed by atoms with E-state index in [2.05, 4.69) is 53.7 Å². The fraction of sp³-hybridized carbons (Fsp3) is 0.833. The summed E-state index contributed by atoms with van der Waals surface area (Å²) in [6.45, 7) is 13.7. The van der Waals surface area contributed by atoms with Gasteiger partial charge < -0.3 is 0 Å². The van der Waals surface area contributed by atoms with E-state index in [1.54, 1.807) is 0 Å². The molecule has 0 aliphatic carbocycles. The molecule has 0 radical (unpaired) electrons. The molecule has 0 saturated heterocycles. The zero-order valence-electron chi connectivity index (χ0n) is 9.57. The molecular weight excluding hydrogens is 144 g/mol. The van der Waals surface area contributed by atoms with Gasteiger partial charge in [0.2, 0.25) is 0 Å². The second-order valence-electron chi connectivity index (χ2n) is 5.18. The summed E-state index contributed by atoms with van der Waals surface area (Å²) in [5, 5.41) is 0. The largest absolute Gasteiger partial charge is 0.0911 e. The van der Waals surface area contributed by atoms with Crippen LogP contribution in [0.3, 0.4) is 0 Å². The van der Waals surface area contributed by atoms with Crippen molar-refractivity contribution in [2.24, 2.45) is 10.8 Å². The molecule has 0 spiro atoms. The van der Waals surface area contributed by atoms with Crippen molar-refractivity contribution in [2.45, 2.75) is 54.4 Å². The first-order valence-electron chi connectivity index (χ1n) is 4.97. The summed E-state index contributed by atoms with van der Waals surface area (Å²) in [6, 6.07) is 0. The van der Waals surface area contributed by atoms with Gasteiger partial charge in [0.25, 0.3) is 0 Å². The highest BCUT2D eigenvalue weighted by Gasteiger charge is 2.24. The van der Waals surface area contributed by atoms with E-state index in [0.29, 0.717) is 10.8 Å². The molecule has 0 N–H and O–H groups in total. The Labute approximate surface area is 78.1 Å². The van der Waals surface area contributed by atoms with E-state index >= 15 is 0 Å². The maximum absolute atomic E-state index is 2.35. The van der Waals surface area contributed by atoms with Crippen LogP contribution in [0.25, 0.3) is 0 Å².